The molecule has 0 unspecified atom stereocenters. The van der Waals surface area contributed by atoms with Crippen molar-refractivity contribution in [2.75, 3.05) is 24.2 Å². The molecule has 4 heteroatoms. The molecule has 0 bridgehead atoms. The van der Waals surface area contributed by atoms with Gasteiger partial charge in [0.2, 0.25) is 0 Å². The van der Waals surface area contributed by atoms with Crippen LogP contribution in [0.5, 0.6) is 0 Å². The number of rotatable bonds is 5. The van der Waals surface area contributed by atoms with Crippen molar-refractivity contribution in [3.8, 4) is 6.07 Å². The Morgan fingerprint density at radius 3 is 2.71 bits per heavy atom. The number of nitrogen functional groups attached to an aromatic ring is 1. The van der Waals surface area contributed by atoms with E-state index in [1.54, 1.807) is 12.1 Å². The molecule has 0 atom stereocenters. The molecule has 0 heterocycles. The Kier molecular flexibility index (Phi) is 4.36. The fourth-order valence-electron chi connectivity index (χ4n) is 1.51. The van der Waals surface area contributed by atoms with Gasteiger partial charge in [0.25, 0.3) is 0 Å². The van der Waals surface area contributed by atoms with Crippen LogP contribution in [0.1, 0.15) is 25.8 Å². The van der Waals surface area contributed by atoms with Gasteiger partial charge in [-0.05, 0) is 30.0 Å². The van der Waals surface area contributed by atoms with Crippen LogP contribution in [0.25, 0.3) is 0 Å². The number of anilines is 2. The van der Waals surface area contributed by atoms with E-state index in [2.05, 4.69) is 19.2 Å². The van der Waals surface area contributed by atoms with Crippen molar-refractivity contribution in [2.24, 2.45) is 5.41 Å². The summed E-state index contributed by atoms with van der Waals surface area (Å²) in [5.41, 5.74) is 7.62. The van der Waals surface area contributed by atoms with Crippen molar-refractivity contribution >= 4 is 11.4 Å². The summed E-state index contributed by atoms with van der Waals surface area (Å²) in [6.45, 7) is 5.11. The Hall–Kier alpha value is -1.73. The summed E-state index contributed by atoms with van der Waals surface area (Å²) in [4.78, 5) is 0. The van der Waals surface area contributed by atoms with Crippen LogP contribution in [-0.4, -0.2) is 18.3 Å². The molecule has 0 aliphatic rings. The van der Waals surface area contributed by atoms with Crippen molar-refractivity contribution < 1.29 is 5.11 Å². The highest BCUT2D eigenvalue weighted by atomic mass is 16.3. The number of nitriles is 1. The SMILES string of the molecule is CC(C)(CCO)CNc1ccc(C#N)c(N)c1. The maximum absolute atomic E-state index is 8.93. The van der Waals surface area contributed by atoms with Crippen LogP contribution < -0.4 is 11.1 Å². The van der Waals surface area contributed by atoms with Crippen LogP contribution in [0.3, 0.4) is 0 Å². The Morgan fingerprint density at radius 1 is 1.47 bits per heavy atom. The van der Waals surface area contributed by atoms with E-state index in [1.165, 1.54) is 0 Å². The maximum atomic E-state index is 8.93. The lowest BCUT2D eigenvalue weighted by atomic mass is 9.89. The largest absolute Gasteiger partial charge is 0.398 e. The van der Waals surface area contributed by atoms with Crippen LogP contribution >= 0.6 is 0 Å². The predicted octanol–water partition coefficient (Wildman–Crippen LogP) is 1.96. The quantitative estimate of drug-likeness (QED) is 0.679. The van der Waals surface area contributed by atoms with Gasteiger partial charge in [-0.25, -0.2) is 0 Å². The summed E-state index contributed by atoms with van der Waals surface area (Å²) in [6.07, 6.45) is 0.742. The number of benzene rings is 1. The van der Waals surface area contributed by atoms with Gasteiger partial charge in [0.15, 0.2) is 0 Å². The van der Waals surface area contributed by atoms with Gasteiger partial charge in [-0.3, -0.25) is 0 Å². The van der Waals surface area contributed by atoms with E-state index in [0.717, 1.165) is 18.7 Å². The maximum Gasteiger partial charge on any atom is 0.101 e. The van der Waals surface area contributed by atoms with E-state index >= 15 is 0 Å². The number of aliphatic hydroxyl groups excluding tert-OH is 1. The Morgan fingerprint density at radius 2 is 2.18 bits per heavy atom. The first-order valence-electron chi connectivity index (χ1n) is 5.63. The molecule has 0 saturated carbocycles. The zero-order valence-electron chi connectivity index (χ0n) is 10.3. The lowest BCUT2D eigenvalue weighted by Gasteiger charge is -2.24. The average Bonchev–Trinajstić information content (AvgIpc) is 2.27. The minimum absolute atomic E-state index is 0.0252. The highest BCUT2D eigenvalue weighted by molar-refractivity contribution is 5.62. The normalized spacial score (nSPS) is 10.9. The first-order chi connectivity index (χ1) is 7.98. The molecule has 0 amide bonds. The van der Waals surface area contributed by atoms with Gasteiger partial charge in [-0.2, -0.15) is 5.26 Å². The van der Waals surface area contributed by atoms with Crippen molar-refractivity contribution in [2.45, 2.75) is 20.3 Å². The fourth-order valence-corrected chi connectivity index (χ4v) is 1.51. The topological polar surface area (TPSA) is 82.1 Å². The number of nitrogens with zero attached hydrogens (tertiary/aromatic N) is 1. The first kappa shape index (κ1) is 13.3. The second-order valence-corrected chi connectivity index (χ2v) is 4.91. The smallest absolute Gasteiger partial charge is 0.101 e. The van der Waals surface area contributed by atoms with Gasteiger partial charge in [-0.15, -0.1) is 0 Å². The molecule has 1 aromatic carbocycles. The standard InChI is InChI=1S/C13H19N3O/c1-13(2,5-6-17)9-16-11-4-3-10(8-14)12(15)7-11/h3-4,7,16-17H,5-6,9,15H2,1-2H3. The van der Waals surface area contributed by atoms with E-state index in [-0.39, 0.29) is 12.0 Å². The zero-order valence-corrected chi connectivity index (χ0v) is 10.3. The third-order valence-corrected chi connectivity index (χ3v) is 2.73. The molecule has 0 radical (unpaired) electrons. The molecular formula is C13H19N3O. The summed E-state index contributed by atoms with van der Waals surface area (Å²) >= 11 is 0. The zero-order chi connectivity index (χ0) is 12.9. The van der Waals surface area contributed by atoms with Crippen LogP contribution in [-0.2, 0) is 0 Å². The molecule has 1 aromatic rings. The van der Waals surface area contributed by atoms with Crippen LogP contribution in [0.4, 0.5) is 11.4 Å². The highest BCUT2D eigenvalue weighted by Crippen LogP contribution is 2.22. The number of nitrogens with two attached hydrogens (primary N) is 1. The van der Waals surface area contributed by atoms with E-state index in [9.17, 15) is 0 Å². The summed E-state index contributed by atoms with van der Waals surface area (Å²) in [7, 11) is 0. The first-order valence-corrected chi connectivity index (χ1v) is 5.63. The Bertz CT molecular complexity index is 421. The van der Waals surface area contributed by atoms with Crippen molar-refractivity contribution in [1.82, 2.24) is 0 Å². The summed E-state index contributed by atoms with van der Waals surface area (Å²) in [6, 6.07) is 7.33. The molecular weight excluding hydrogens is 214 g/mol. The molecule has 0 saturated heterocycles. The molecule has 0 aliphatic carbocycles. The van der Waals surface area contributed by atoms with Gasteiger partial charge in [0.05, 0.1) is 11.3 Å². The van der Waals surface area contributed by atoms with Gasteiger partial charge in [0.1, 0.15) is 6.07 Å². The molecule has 0 aromatic heterocycles. The van der Waals surface area contributed by atoms with Gasteiger partial charge in [0, 0.05) is 18.8 Å². The third-order valence-electron chi connectivity index (χ3n) is 2.73. The molecule has 4 N–H and O–H groups in total. The Labute approximate surface area is 102 Å². The number of nitrogens with one attached hydrogen (secondary N) is 1. The number of aliphatic hydroxyl groups is 1. The van der Waals surface area contributed by atoms with Gasteiger partial charge in [-0.1, -0.05) is 13.8 Å². The molecule has 0 aliphatic heterocycles. The van der Waals surface area contributed by atoms with Crippen molar-refractivity contribution in [1.29, 1.82) is 5.26 Å². The number of hydrogen-bond donors (Lipinski definition) is 3. The third kappa shape index (κ3) is 3.97. The average molecular weight is 233 g/mol. The fraction of sp³-hybridized carbons (Fsp3) is 0.462. The van der Waals surface area contributed by atoms with E-state index in [4.69, 9.17) is 16.1 Å². The lowest BCUT2D eigenvalue weighted by Crippen LogP contribution is -2.24. The van der Waals surface area contributed by atoms with Crippen LogP contribution in [0, 0.1) is 16.7 Å². The molecule has 92 valence electrons. The summed E-state index contributed by atoms with van der Waals surface area (Å²) in [5.74, 6) is 0. The highest BCUT2D eigenvalue weighted by Gasteiger charge is 2.16. The summed E-state index contributed by atoms with van der Waals surface area (Å²) < 4.78 is 0. The van der Waals surface area contributed by atoms with Crippen LogP contribution in [0.2, 0.25) is 0 Å². The van der Waals surface area contributed by atoms with Crippen molar-refractivity contribution in [3.63, 3.8) is 0 Å². The van der Waals surface area contributed by atoms with E-state index in [0.29, 0.717) is 11.3 Å². The second-order valence-electron chi connectivity index (χ2n) is 4.91. The van der Waals surface area contributed by atoms with Gasteiger partial charge < -0.3 is 16.2 Å². The monoisotopic (exact) mass is 233 g/mol. The molecule has 1 rings (SSSR count). The van der Waals surface area contributed by atoms with Gasteiger partial charge >= 0.3 is 0 Å². The number of hydrogen-bond acceptors (Lipinski definition) is 4. The molecule has 0 spiro atoms. The minimum atomic E-state index is 0.0252. The molecule has 17 heavy (non-hydrogen) atoms. The molecule has 0 fully saturated rings. The summed E-state index contributed by atoms with van der Waals surface area (Å²) in [5, 5.41) is 20.9. The van der Waals surface area contributed by atoms with Crippen LogP contribution in [0.15, 0.2) is 18.2 Å². The molecule has 4 nitrogen and oxygen atoms in total. The van der Waals surface area contributed by atoms with Crippen molar-refractivity contribution in [3.05, 3.63) is 23.8 Å². The lowest BCUT2D eigenvalue weighted by molar-refractivity contribution is 0.220. The minimum Gasteiger partial charge on any atom is -0.398 e. The predicted molar refractivity (Wildman–Crippen MR) is 69.5 cm³/mol. The van der Waals surface area contributed by atoms with E-state index in [1.807, 2.05) is 12.1 Å². The Balaban J connectivity index is 2.65. The second kappa shape index (κ2) is 5.55. The van der Waals surface area contributed by atoms with E-state index < -0.39 is 0 Å².